The van der Waals surface area contributed by atoms with Crippen molar-refractivity contribution >= 4 is 34.6 Å². The lowest BCUT2D eigenvalue weighted by Gasteiger charge is -2.20. The molecule has 0 aliphatic carbocycles. The lowest BCUT2D eigenvalue weighted by Crippen LogP contribution is -2.30. The number of benzene rings is 2. The fraction of sp³-hybridized carbons (Fsp3) is 0.222. The number of carbonyl (C=O) groups is 2. The Balaban J connectivity index is 1.45. The highest BCUT2D eigenvalue weighted by molar-refractivity contribution is 7.00. The van der Waals surface area contributed by atoms with Crippen molar-refractivity contribution in [3.05, 3.63) is 59.2 Å². The predicted molar refractivity (Wildman–Crippen MR) is 95.2 cm³/mol. The van der Waals surface area contributed by atoms with Crippen LogP contribution in [0.25, 0.3) is 11.0 Å². The quantitative estimate of drug-likeness (QED) is 0.783. The van der Waals surface area contributed by atoms with Crippen LogP contribution < -0.4 is 5.32 Å². The second-order valence-corrected chi connectivity index (χ2v) is 6.68. The van der Waals surface area contributed by atoms with E-state index in [1.54, 1.807) is 18.0 Å². The van der Waals surface area contributed by atoms with Gasteiger partial charge in [0.1, 0.15) is 11.0 Å². The van der Waals surface area contributed by atoms with Crippen LogP contribution in [0, 0.1) is 0 Å². The van der Waals surface area contributed by atoms with Crippen molar-refractivity contribution in [1.82, 2.24) is 19.0 Å². The normalized spacial score (nSPS) is 15.9. The van der Waals surface area contributed by atoms with Crippen LogP contribution in [0.2, 0.25) is 0 Å². The van der Waals surface area contributed by atoms with E-state index in [1.807, 2.05) is 36.4 Å². The van der Waals surface area contributed by atoms with Crippen molar-refractivity contribution in [1.29, 1.82) is 0 Å². The van der Waals surface area contributed by atoms with Gasteiger partial charge in [-0.05, 0) is 29.3 Å². The fourth-order valence-corrected chi connectivity index (χ4v) is 3.62. The van der Waals surface area contributed by atoms with Crippen molar-refractivity contribution in [3.63, 3.8) is 0 Å². The zero-order chi connectivity index (χ0) is 17.4. The van der Waals surface area contributed by atoms with Gasteiger partial charge >= 0.3 is 0 Å². The lowest BCUT2D eigenvalue weighted by molar-refractivity contribution is -0.130. The number of nitrogens with one attached hydrogen (secondary N) is 1. The summed E-state index contributed by atoms with van der Waals surface area (Å²) >= 11 is 1.18. The molecule has 4 rings (SSSR count). The van der Waals surface area contributed by atoms with E-state index >= 15 is 0 Å². The van der Waals surface area contributed by atoms with E-state index < -0.39 is 0 Å². The van der Waals surface area contributed by atoms with Gasteiger partial charge in [0.25, 0.3) is 5.91 Å². The number of aromatic nitrogens is 2. The molecule has 25 heavy (non-hydrogen) atoms. The Morgan fingerprint density at radius 1 is 1.20 bits per heavy atom. The van der Waals surface area contributed by atoms with E-state index in [2.05, 4.69) is 14.1 Å². The molecular weight excluding hydrogens is 336 g/mol. The van der Waals surface area contributed by atoms with E-state index in [9.17, 15) is 9.59 Å². The minimum atomic E-state index is -0.260. The predicted octanol–water partition coefficient (Wildman–Crippen LogP) is 2.52. The second kappa shape index (κ2) is 6.25. The van der Waals surface area contributed by atoms with Crippen molar-refractivity contribution < 1.29 is 9.59 Å². The first kappa shape index (κ1) is 15.7. The largest absolute Gasteiger partial charge is 0.345 e. The van der Waals surface area contributed by atoms with Crippen LogP contribution in [0.1, 0.15) is 33.9 Å². The maximum atomic E-state index is 12.6. The van der Waals surface area contributed by atoms with E-state index in [0.717, 1.165) is 22.2 Å². The van der Waals surface area contributed by atoms with Crippen molar-refractivity contribution in [2.45, 2.75) is 19.0 Å². The first-order valence-electron chi connectivity index (χ1n) is 7.97. The maximum absolute atomic E-state index is 12.6. The number of hydrogen-bond acceptors (Lipinski definition) is 5. The standard InChI is InChI=1S/C18H16N4O2S/c1-22(10-11-6-7-14-16(8-11)21-25-20-14)17(23)9-15-12-4-2-3-5-13(12)18(24)19-15/h2-8,15H,9-10H2,1H3,(H,19,24)/t15-/m1/s1. The molecule has 0 radical (unpaired) electrons. The Labute approximate surface area is 148 Å². The van der Waals surface area contributed by atoms with Crippen LogP contribution in [0.4, 0.5) is 0 Å². The Morgan fingerprint density at radius 3 is 2.88 bits per heavy atom. The van der Waals surface area contributed by atoms with Gasteiger partial charge in [0.05, 0.1) is 24.2 Å². The summed E-state index contributed by atoms with van der Waals surface area (Å²) in [5, 5.41) is 2.89. The molecule has 1 atom stereocenters. The van der Waals surface area contributed by atoms with E-state index in [4.69, 9.17) is 0 Å². The van der Waals surface area contributed by atoms with Crippen LogP contribution in [0.15, 0.2) is 42.5 Å². The molecule has 3 aromatic rings. The molecule has 6 nitrogen and oxygen atoms in total. The smallest absolute Gasteiger partial charge is 0.252 e. The molecule has 0 bridgehead atoms. The summed E-state index contributed by atoms with van der Waals surface area (Å²) < 4.78 is 8.41. The number of carbonyl (C=O) groups excluding carboxylic acids is 2. The van der Waals surface area contributed by atoms with E-state index in [0.29, 0.717) is 12.1 Å². The summed E-state index contributed by atoms with van der Waals surface area (Å²) in [7, 11) is 1.77. The molecule has 0 saturated carbocycles. The monoisotopic (exact) mass is 352 g/mol. The Bertz CT molecular complexity index is 968. The van der Waals surface area contributed by atoms with Gasteiger partial charge in [0, 0.05) is 19.2 Å². The Kier molecular flexibility index (Phi) is 3.93. The molecule has 126 valence electrons. The first-order chi connectivity index (χ1) is 12.1. The fourth-order valence-electron chi connectivity index (χ4n) is 3.10. The first-order valence-corrected chi connectivity index (χ1v) is 8.70. The SMILES string of the molecule is CN(Cc1ccc2nsnc2c1)C(=O)C[C@H]1NC(=O)c2ccccc21. The molecule has 1 aliphatic rings. The topological polar surface area (TPSA) is 75.2 Å². The molecule has 0 fully saturated rings. The number of amides is 2. The van der Waals surface area contributed by atoms with Crippen LogP contribution in [0.3, 0.4) is 0 Å². The summed E-state index contributed by atoms with van der Waals surface area (Å²) in [5.74, 6) is -0.129. The molecular formula is C18H16N4O2S. The molecule has 7 heteroatoms. The Hall–Kier alpha value is -2.80. The van der Waals surface area contributed by atoms with Crippen LogP contribution in [-0.2, 0) is 11.3 Å². The van der Waals surface area contributed by atoms with Gasteiger partial charge < -0.3 is 10.2 Å². The number of rotatable bonds is 4. The highest BCUT2D eigenvalue weighted by Crippen LogP contribution is 2.28. The average Bonchev–Trinajstić information content (AvgIpc) is 3.20. The summed E-state index contributed by atoms with van der Waals surface area (Å²) in [5.41, 5.74) is 4.27. The summed E-state index contributed by atoms with van der Waals surface area (Å²) in [6, 6.07) is 13.0. The zero-order valence-corrected chi connectivity index (χ0v) is 14.4. The minimum Gasteiger partial charge on any atom is -0.345 e. The molecule has 2 heterocycles. The summed E-state index contributed by atoms with van der Waals surface area (Å²) in [4.78, 5) is 26.2. The van der Waals surface area contributed by atoms with Crippen LogP contribution in [-0.4, -0.2) is 32.5 Å². The molecule has 0 unspecified atom stereocenters. The van der Waals surface area contributed by atoms with Gasteiger partial charge in [-0.15, -0.1) is 0 Å². The zero-order valence-electron chi connectivity index (χ0n) is 13.6. The highest BCUT2D eigenvalue weighted by Gasteiger charge is 2.30. The molecule has 1 N–H and O–H groups in total. The van der Waals surface area contributed by atoms with Crippen molar-refractivity contribution in [2.75, 3.05) is 7.05 Å². The van der Waals surface area contributed by atoms with Gasteiger partial charge in [0.2, 0.25) is 5.91 Å². The van der Waals surface area contributed by atoms with Gasteiger partial charge in [-0.3, -0.25) is 9.59 Å². The van der Waals surface area contributed by atoms with Crippen LogP contribution >= 0.6 is 11.7 Å². The number of nitrogens with zero attached hydrogens (tertiary/aromatic N) is 3. The Morgan fingerprint density at radius 2 is 2.00 bits per heavy atom. The number of hydrogen-bond donors (Lipinski definition) is 1. The van der Waals surface area contributed by atoms with Crippen molar-refractivity contribution in [3.8, 4) is 0 Å². The molecule has 1 aliphatic heterocycles. The maximum Gasteiger partial charge on any atom is 0.252 e. The van der Waals surface area contributed by atoms with Gasteiger partial charge in [0.15, 0.2) is 0 Å². The molecule has 0 spiro atoms. The summed E-state index contributed by atoms with van der Waals surface area (Å²) in [6.45, 7) is 0.495. The molecule has 2 amide bonds. The van der Waals surface area contributed by atoms with Crippen molar-refractivity contribution in [2.24, 2.45) is 0 Å². The van der Waals surface area contributed by atoms with Gasteiger partial charge in [-0.25, -0.2) is 0 Å². The van der Waals surface area contributed by atoms with Gasteiger partial charge in [-0.2, -0.15) is 8.75 Å². The second-order valence-electron chi connectivity index (χ2n) is 6.15. The van der Waals surface area contributed by atoms with E-state index in [1.165, 1.54) is 11.7 Å². The third kappa shape index (κ3) is 2.98. The summed E-state index contributed by atoms with van der Waals surface area (Å²) in [6.07, 6.45) is 0.250. The average molecular weight is 352 g/mol. The molecule has 2 aromatic carbocycles. The number of fused-ring (bicyclic) bond motifs is 2. The minimum absolute atomic E-state index is 0.0153. The third-order valence-electron chi connectivity index (χ3n) is 4.43. The lowest BCUT2D eigenvalue weighted by atomic mass is 10.0. The highest BCUT2D eigenvalue weighted by atomic mass is 32.1. The molecule has 1 aromatic heterocycles. The van der Waals surface area contributed by atoms with Gasteiger partial charge in [-0.1, -0.05) is 24.3 Å². The van der Waals surface area contributed by atoms with Crippen LogP contribution in [0.5, 0.6) is 0 Å². The third-order valence-corrected chi connectivity index (χ3v) is 4.99. The molecule has 0 saturated heterocycles. The van der Waals surface area contributed by atoms with E-state index in [-0.39, 0.29) is 24.3 Å².